The van der Waals surface area contributed by atoms with E-state index in [1.165, 1.54) is 17.3 Å². The highest BCUT2D eigenvalue weighted by Crippen LogP contribution is 2.06. The van der Waals surface area contributed by atoms with E-state index in [9.17, 15) is 0 Å². The Morgan fingerprint density at radius 1 is 1.62 bits per heavy atom. The maximum atomic E-state index is 5.36. The van der Waals surface area contributed by atoms with Gasteiger partial charge in [0, 0.05) is 11.4 Å². The third kappa shape index (κ3) is 5.31. The molecule has 0 aromatic rings. The Hall–Kier alpha value is 1.17. The van der Waals surface area contributed by atoms with E-state index in [-0.39, 0.29) is 0 Å². The summed E-state index contributed by atoms with van der Waals surface area (Å²) < 4.78 is 1.24. The first-order valence-corrected chi connectivity index (χ1v) is 5.15. The molecule has 8 heavy (non-hydrogen) atoms. The van der Waals surface area contributed by atoms with E-state index in [0.717, 1.165) is 6.54 Å². The quantitative estimate of drug-likeness (QED) is 0.622. The fourth-order valence-corrected chi connectivity index (χ4v) is 1.18. The molecular weight excluding hydrogens is 281 g/mol. The average molecular weight is 292 g/mol. The fourth-order valence-electron chi connectivity index (χ4n) is 0.416. The summed E-state index contributed by atoms with van der Waals surface area (Å²) in [4.78, 5) is 0.539. The monoisotopic (exact) mass is 291 g/mol. The van der Waals surface area contributed by atoms with Crippen LogP contribution in [0.15, 0.2) is 0 Å². The van der Waals surface area contributed by atoms with Crippen molar-refractivity contribution in [1.82, 2.24) is 0 Å². The van der Waals surface area contributed by atoms with Crippen LogP contribution in [-0.4, -0.2) is 15.8 Å². The maximum Gasteiger partial charge on any atom is 0.0268 e. The zero-order valence-corrected chi connectivity index (χ0v) is 8.48. The van der Waals surface area contributed by atoms with Gasteiger partial charge in [0.1, 0.15) is 0 Å². The molecule has 0 rings (SSSR count). The van der Waals surface area contributed by atoms with Crippen LogP contribution < -0.4 is 5.73 Å². The van der Waals surface area contributed by atoms with Crippen LogP contribution in [0.5, 0.6) is 0 Å². The molecule has 0 aliphatic heterocycles. The third-order valence-corrected chi connectivity index (χ3v) is 2.50. The third-order valence-electron chi connectivity index (χ3n) is 0.907. The molecule has 0 spiro atoms. The van der Waals surface area contributed by atoms with Crippen molar-refractivity contribution in [1.29, 1.82) is 0 Å². The Balaban J connectivity index is 2.86. The average Bonchev–Trinajstić information content (AvgIpc) is 1.83. The van der Waals surface area contributed by atoms with Gasteiger partial charge in [-0.05, 0) is 17.3 Å². The van der Waals surface area contributed by atoms with Crippen molar-refractivity contribution in [2.75, 3.05) is 11.0 Å². The van der Waals surface area contributed by atoms with Gasteiger partial charge in [-0.25, -0.2) is 0 Å². The van der Waals surface area contributed by atoms with Gasteiger partial charge in [0.2, 0.25) is 0 Å². The van der Waals surface area contributed by atoms with Gasteiger partial charge >= 0.3 is 0 Å². The maximum absolute atomic E-state index is 5.36. The van der Waals surface area contributed by atoms with Gasteiger partial charge in [-0.15, -0.1) is 0 Å². The first-order chi connectivity index (χ1) is 3.81. The van der Waals surface area contributed by atoms with Crippen LogP contribution in [0.25, 0.3) is 0 Å². The lowest BCUT2D eigenvalue weighted by Crippen LogP contribution is -2.12. The zero-order chi connectivity index (χ0) is 6.41. The van der Waals surface area contributed by atoms with E-state index in [0.29, 0.717) is 4.83 Å². The second-order valence-corrected chi connectivity index (χ2v) is 4.04. The van der Waals surface area contributed by atoms with Crippen LogP contribution in [0.2, 0.25) is 0 Å². The molecule has 0 fully saturated rings. The fraction of sp³-hybridized carbons (Fsp3) is 1.00. The van der Waals surface area contributed by atoms with Crippen molar-refractivity contribution in [2.24, 2.45) is 5.73 Å². The van der Waals surface area contributed by atoms with Crippen LogP contribution in [0.1, 0.15) is 12.8 Å². The largest absolute Gasteiger partial charge is 0.329 e. The Labute approximate surface area is 72.7 Å². The van der Waals surface area contributed by atoms with Gasteiger partial charge in [0.15, 0.2) is 0 Å². The molecule has 2 N–H and O–H groups in total. The molecule has 0 aromatic carbocycles. The van der Waals surface area contributed by atoms with Crippen molar-refractivity contribution in [3.05, 3.63) is 0 Å². The summed E-state index contributed by atoms with van der Waals surface area (Å²) in [6.45, 7) is 0.761. The second kappa shape index (κ2) is 6.29. The molecule has 0 aliphatic carbocycles. The predicted octanol–water partition coefficient (Wildman–Crippen LogP) is 1.92. The summed E-state index contributed by atoms with van der Waals surface area (Å²) in [7, 11) is 0. The molecule has 3 heteroatoms. The van der Waals surface area contributed by atoms with Gasteiger partial charge in [-0.1, -0.05) is 38.5 Å². The Morgan fingerprint density at radius 2 is 2.25 bits per heavy atom. The van der Waals surface area contributed by atoms with Crippen LogP contribution in [0.3, 0.4) is 0 Å². The van der Waals surface area contributed by atoms with E-state index >= 15 is 0 Å². The van der Waals surface area contributed by atoms with E-state index in [4.69, 9.17) is 5.73 Å². The molecule has 0 radical (unpaired) electrons. The molecule has 0 saturated heterocycles. The van der Waals surface area contributed by atoms with Crippen molar-refractivity contribution < 1.29 is 0 Å². The van der Waals surface area contributed by atoms with Crippen molar-refractivity contribution in [3.8, 4) is 0 Å². The molecule has 0 aromatic heterocycles. The number of nitrogens with two attached hydrogens (primary N) is 1. The van der Waals surface area contributed by atoms with E-state index in [2.05, 4.69) is 38.5 Å². The molecule has 0 heterocycles. The predicted molar refractivity (Wildman–Crippen MR) is 49.9 cm³/mol. The van der Waals surface area contributed by atoms with Gasteiger partial charge in [-0.2, -0.15) is 0 Å². The molecular formula is C5H11BrIN. The first kappa shape index (κ1) is 9.17. The standard InChI is InChI=1S/C5H11BrIN/c6-5(4-8)2-1-3-7/h5H,1-4,8H2. The van der Waals surface area contributed by atoms with Crippen LogP contribution in [-0.2, 0) is 0 Å². The van der Waals surface area contributed by atoms with Gasteiger partial charge in [-0.3, -0.25) is 0 Å². The lowest BCUT2D eigenvalue weighted by Gasteiger charge is -2.02. The number of alkyl halides is 2. The Bertz CT molecular complexity index is 51.7. The minimum atomic E-state index is 0.539. The summed E-state index contributed by atoms with van der Waals surface area (Å²) in [5, 5.41) is 0. The molecule has 50 valence electrons. The highest BCUT2D eigenvalue weighted by Gasteiger charge is 1.97. The summed E-state index contributed by atoms with van der Waals surface area (Å²) in [6.07, 6.45) is 2.48. The van der Waals surface area contributed by atoms with Crippen molar-refractivity contribution in [2.45, 2.75) is 17.7 Å². The normalized spacial score (nSPS) is 13.9. The van der Waals surface area contributed by atoms with Crippen LogP contribution >= 0.6 is 38.5 Å². The summed E-state index contributed by atoms with van der Waals surface area (Å²) in [6, 6.07) is 0. The highest BCUT2D eigenvalue weighted by molar-refractivity contribution is 14.1. The molecule has 1 nitrogen and oxygen atoms in total. The van der Waals surface area contributed by atoms with E-state index in [1.807, 2.05) is 0 Å². The zero-order valence-electron chi connectivity index (χ0n) is 4.74. The summed E-state index contributed by atoms with van der Waals surface area (Å²) >= 11 is 5.82. The molecule has 0 amide bonds. The van der Waals surface area contributed by atoms with Crippen molar-refractivity contribution >= 4 is 38.5 Å². The second-order valence-electron chi connectivity index (χ2n) is 1.66. The topological polar surface area (TPSA) is 26.0 Å². The minimum absolute atomic E-state index is 0.539. The number of hydrogen-bond donors (Lipinski definition) is 1. The highest BCUT2D eigenvalue weighted by atomic mass is 127. The van der Waals surface area contributed by atoms with E-state index in [1.54, 1.807) is 0 Å². The smallest absolute Gasteiger partial charge is 0.0268 e. The summed E-state index contributed by atoms with van der Waals surface area (Å²) in [5.74, 6) is 0. The van der Waals surface area contributed by atoms with Crippen LogP contribution in [0, 0.1) is 0 Å². The van der Waals surface area contributed by atoms with Crippen LogP contribution in [0.4, 0.5) is 0 Å². The SMILES string of the molecule is NCC(Br)CCCI. The summed E-state index contributed by atoms with van der Waals surface area (Å²) in [5.41, 5.74) is 5.36. The Morgan fingerprint density at radius 3 is 2.62 bits per heavy atom. The van der Waals surface area contributed by atoms with Gasteiger partial charge in [0.25, 0.3) is 0 Å². The molecule has 0 aliphatic rings. The molecule has 0 saturated carbocycles. The number of rotatable bonds is 4. The minimum Gasteiger partial charge on any atom is -0.329 e. The van der Waals surface area contributed by atoms with Gasteiger partial charge in [0.05, 0.1) is 0 Å². The van der Waals surface area contributed by atoms with Gasteiger partial charge < -0.3 is 5.73 Å². The Kier molecular flexibility index (Phi) is 7.21. The lowest BCUT2D eigenvalue weighted by molar-refractivity contribution is 0.764. The lowest BCUT2D eigenvalue weighted by atomic mass is 10.2. The van der Waals surface area contributed by atoms with Crippen molar-refractivity contribution in [3.63, 3.8) is 0 Å². The molecule has 1 atom stereocenters. The first-order valence-electron chi connectivity index (χ1n) is 2.71. The molecule has 1 unspecified atom stereocenters. The molecule has 0 bridgehead atoms. The van der Waals surface area contributed by atoms with E-state index < -0.39 is 0 Å². The number of hydrogen-bond acceptors (Lipinski definition) is 1. The number of halogens is 2.